The number of ether oxygens (including phenoxy) is 4. The molecule has 0 saturated carbocycles. The van der Waals surface area contributed by atoms with Crippen LogP contribution in [0, 0.1) is 0 Å². The van der Waals surface area contributed by atoms with Crippen LogP contribution in [-0.2, 0) is 9.47 Å². The van der Waals surface area contributed by atoms with Crippen LogP contribution in [0.5, 0.6) is 11.5 Å². The Labute approximate surface area is 194 Å². The van der Waals surface area contributed by atoms with Gasteiger partial charge in [-0.3, -0.25) is 0 Å². The van der Waals surface area contributed by atoms with Crippen molar-refractivity contribution in [3.05, 3.63) is 96.1 Å². The Hall–Kier alpha value is -3.77. The van der Waals surface area contributed by atoms with E-state index in [1.54, 1.807) is 21.3 Å². The molecule has 1 N–H and O–H groups in total. The first kappa shape index (κ1) is 22.4. The SMILES string of the molecule is COC[C@@H]1N=C(/C=C(\Nc2ccc(OC)cc2)c2ccc(OC)cc2)O[C@H]1c1ccccc1. The maximum Gasteiger partial charge on any atom is 0.211 e. The van der Waals surface area contributed by atoms with Crippen LogP contribution in [0.1, 0.15) is 17.2 Å². The normalized spacial score (nSPS) is 17.8. The lowest BCUT2D eigenvalue weighted by Gasteiger charge is -2.17. The number of nitrogens with zero attached hydrogens (tertiary/aromatic N) is 1. The molecule has 0 unspecified atom stereocenters. The van der Waals surface area contributed by atoms with E-state index < -0.39 is 0 Å². The third kappa shape index (κ3) is 5.54. The lowest BCUT2D eigenvalue weighted by Crippen LogP contribution is -2.19. The highest BCUT2D eigenvalue weighted by Gasteiger charge is 2.31. The average molecular weight is 445 g/mol. The molecule has 0 aromatic heterocycles. The number of hydrogen-bond donors (Lipinski definition) is 1. The molecule has 170 valence electrons. The van der Waals surface area contributed by atoms with E-state index >= 15 is 0 Å². The zero-order valence-corrected chi connectivity index (χ0v) is 19.0. The van der Waals surface area contributed by atoms with Gasteiger partial charge in [0.2, 0.25) is 5.90 Å². The first-order chi connectivity index (χ1) is 16.2. The van der Waals surface area contributed by atoms with Gasteiger partial charge in [-0.05, 0) is 59.7 Å². The highest BCUT2D eigenvalue weighted by molar-refractivity contribution is 5.98. The van der Waals surface area contributed by atoms with Crippen molar-refractivity contribution >= 4 is 17.3 Å². The Bertz CT molecular complexity index is 1090. The number of rotatable bonds is 9. The fourth-order valence-corrected chi connectivity index (χ4v) is 3.69. The predicted molar refractivity (Wildman–Crippen MR) is 131 cm³/mol. The van der Waals surface area contributed by atoms with Gasteiger partial charge < -0.3 is 24.3 Å². The Balaban J connectivity index is 1.65. The second kappa shape index (κ2) is 10.7. The van der Waals surface area contributed by atoms with E-state index in [1.165, 1.54) is 0 Å². The van der Waals surface area contributed by atoms with Crippen LogP contribution >= 0.6 is 0 Å². The standard InChI is InChI=1S/C27H28N2O4/c1-30-18-25-27(20-7-5-4-6-8-20)33-26(29-25)17-24(19-9-13-22(31-2)14-10-19)28-21-11-15-23(32-3)16-12-21/h4-17,25,27-28H,18H2,1-3H3/b24-17-/t25-,27-/m0/s1. The molecular weight excluding hydrogens is 416 g/mol. The number of methoxy groups -OCH3 is 3. The van der Waals surface area contributed by atoms with Crippen molar-refractivity contribution in [2.24, 2.45) is 4.99 Å². The summed E-state index contributed by atoms with van der Waals surface area (Å²) in [5.74, 6) is 2.14. The van der Waals surface area contributed by atoms with Gasteiger partial charge in [-0.1, -0.05) is 30.3 Å². The van der Waals surface area contributed by atoms with Crippen molar-refractivity contribution in [3.63, 3.8) is 0 Å². The highest BCUT2D eigenvalue weighted by Crippen LogP contribution is 2.31. The van der Waals surface area contributed by atoms with E-state index in [9.17, 15) is 0 Å². The van der Waals surface area contributed by atoms with Gasteiger partial charge >= 0.3 is 0 Å². The molecule has 0 fully saturated rings. The second-order valence-electron chi connectivity index (χ2n) is 7.58. The average Bonchev–Trinajstić information content (AvgIpc) is 3.27. The summed E-state index contributed by atoms with van der Waals surface area (Å²) in [4.78, 5) is 4.81. The summed E-state index contributed by atoms with van der Waals surface area (Å²) in [6.45, 7) is 0.473. The van der Waals surface area contributed by atoms with Crippen molar-refractivity contribution < 1.29 is 18.9 Å². The van der Waals surface area contributed by atoms with E-state index in [0.717, 1.165) is 34.0 Å². The third-order valence-electron chi connectivity index (χ3n) is 5.39. The molecule has 1 aliphatic rings. The van der Waals surface area contributed by atoms with Crippen molar-refractivity contribution in [1.82, 2.24) is 0 Å². The molecule has 3 aromatic rings. The Morgan fingerprint density at radius 1 is 0.879 bits per heavy atom. The quantitative estimate of drug-likeness (QED) is 0.483. The van der Waals surface area contributed by atoms with Gasteiger partial charge in [0.15, 0.2) is 6.10 Å². The van der Waals surface area contributed by atoms with E-state index in [-0.39, 0.29) is 12.1 Å². The molecule has 0 bridgehead atoms. The lowest BCUT2D eigenvalue weighted by molar-refractivity contribution is 0.120. The topological polar surface area (TPSA) is 61.3 Å². The van der Waals surface area contributed by atoms with Crippen LogP contribution in [0.3, 0.4) is 0 Å². The summed E-state index contributed by atoms with van der Waals surface area (Å²) in [6, 6.07) is 25.6. The second-order valence-corrected chi connectivity index (χ2v) is 7.58. The minimum Gasteiger partial charge on any atom is -0.497 e. The van der Waals surface area contributed by atoms with E-state index in [1.807, 2.05) is 72.8 Å². The van der Waals surface area contributed by atoms with Gasteiger partial charge in [-0.2, -0.15) is 0 Å². The van der Waals surface area contributed by atoms with Crippen LogP contribution < -0.4 is 14.8 Å². The molecule has 1 aliphatic heterocycles. The maximum absolute atomic E-state index is 6.29. The molecule has 0 aliphatic carbocycles. The number of benzene rings is 3. The van der Waals surface area contributed by atoms with E-state index in [2.05, 4.69) is 17.4 Å². The molecule has 1 heterocycles. The van der Waals surface area contributed by atoms with E-state index in [0.29, 0.717) is 12.5 Å². The summed E-state index contributed by atoms with van der Waals surface area (Å²) < 4.78 is 22.3. The van der Waals surface area contributed by atoms with Crippen LogP contribution in [0.2, 0.25) is 0 Å². The fourth-order valence-electron chi connectivity index (χ4n) is 3.69. The monoisotopic (exact) mass is 444 g/mol. The molecule has 6 nitrogen and oxygen atoms in total. The van der Waals surface area contributed by atoms with Gasteiger partial charge in [0, 0.05) is 18.9 Å². The summed E-state index contributed by atoms with van der Waals surface area (Å²) in [7, 11) is 4.99. The molecular formula is C27H28N2O4. The van der Waals surface area contributed by atoms with Crippen LogP contribution in [0.15, 0.2) is 89.9 Å². The molecule has 33 heavy (non-hydrogen) atoms. The van der Waals surface area contributed by atoms with Gasteiger partial charge in [0.1, 0.15) is 17.5 Å². The first-order valence-electron chi connectivity index (χ1n) is 10.8. The number of nitrogens with one attached hydrogen (secondary N) is 1. The van der Waals surface area contributed by atoms with Gasteiger partial charge in [-0.25, -0.2) is 4.99 Å². The highest BCUT2D eigenvalue weighted by atomic mass is 16.5. The summed E-state index contributed by atoms with van der Waals surface area (Å²) >= 11 is 0. The maximum atomic E-state index is 6.29. The number of hydrogen-bond acceptors (Lipinski definition) is 6. The van der Waals surface area contributed by atoms with Crippen LogP contribution in [0.25, 0.3) is 5.70 Å². The lowest BCUT2D eigenvalue weighted by atomic mass is 10.0. The van der Waals surface area contributed by atoms with Gasteiger partial charge in [0.05, 0.1) is 26.5 Å². The first-order valence-corrected chi connectivity index (χ1v) is 10.8. The van der Waals surface area contributed by atoms with Crippen molar-refractivity contribution in [3.8, 4) is 11.5 Å². The third-order valence-corrected chi connectivity index (χ3v) is 5.39. The minimum absolute atomic E-state index is 0.123. The smallest absolute Gasteiger partial charge is 0.211 e. The zero-order valence-electron chi connectivity index (χ0n) is 19.0. The van der Waals surface area contributed by atoms with Gasteiger partial charge in [-0.15, -0.1) is 0 Å². The molecule has 0 amide bonds. The van der Waals surface area contributed by atoms with E-state index in [4.69, 9.17) is 23.9 Å². The van der Waals surface area contributed by atoms with Crippen LogP contribution in [0.4, 0.5) is 5.69 Å². The molecule has 0 radical (unpaired) electrons. The Morgan fingerprint density at radius 3 is 2.12 bits per heavy atom. The number of aliphatic imine (C=N–C) groups is 1. The van der Waals surface area contributed by atoms with Gasteiger partial charge in [0.25, 0.3) is 0 Å². The molecule has 6 heteroatoms. The minimum atomic E-state index is -0.199. The Morgan fingerprint density at radius 2 is 1.52 bits per heavy atom. The summed E-state index contributed by atoms with van der Waals surface area (Å²) in [5, 5.41) is 3.49. The Kier molecular flexibility index (Phi) is 7.27. The zero-order chi connectivity index (χ0) is 23.0. The summed E-state index contributed by atoms with van der Waals surface area (Å²) in [5.41, 5.74) is 3.82. The molecule has 2 atom stereocenters. The predicted octanol–water partition coefficient (Wildman–Crippen LogP) is 5.34. The van der Waals surface area contributed by atoms with Crippen LogP contribution in [-0.4, -0.2) is 39.9 Å². The molecule has 0 saturated heterocycles. The fraction of sp³-hybridized carbons (Fsp3) is 0.222. The molecule has 4 rings (SSSR count). The van der Waals surface area contributed by atoms with Crippen molar-refractivity contribution in [2.45, 2.75) is 12.1 Å². The van der Waals surface area contributed by atoms with Crippen molar-refractivity contribution in [1.29, 1.82) is 0 Å². The molecule has 3 aromatic carbocycles. The van der Waals surface area contributed by atoms with Crippen molar-refractivity contribution in [2.75, 3.05) is 33.3 Å². The number of anilines is 1. The molecule has 0 spiro atoms. The largest absolute Gasteiger partial charge is 0.497 e. The summed E-state index contributed by atoms with van der Waals surface area (Å²) in [6.07, 6.45) is 1.73.